The summed E-state index contributed by atoms with van der Waals surface area (Å²) >= 11 is 0. The maximum Gasteiger partial charge on any atom is 0.0952 e. The van der Waals surface area contributed by atoms with E-state index in [1.807, 2.05) is 13.1 Å². The molecule has 0 spiro atoms. The van der Waals surface area contributed by atoms with Crippen LogP contribution in [0.5, 0.6) is 0 Å². The van der Waals surface area contributed by atoms with Gasteiger partial charge in [0.15, 0.2) is 0 Å². The molecule has 0 bridgehead atoms. The van der Waals surface area contributed by atoms with Crippen LogP contribution in [0.2, 0.25) is 0 Å². The van der Waals surface area contributed by atoms with Crippen molar-refractivity contribution in [3.05, 3.63) is 35.9 Å². The van der Waals surface area contributed by atoms with E-state index >= 15 is 0 Å². The van der Waals surface area contributed by atoms with Crippen LogP contribution in [0.25, 0.3) is 0 Å². The molecule has 0 aliphatic carbocycles. The Labute approximate surface area is 97.4 Å². The Hall–Kier alpha value is -0.900. The van der Waals surface area contributed by atoms with Crippen molar-refractivity contribution >= 4 is 0 Å². The minimum absolute atomic E-state index is 0.242. The van der Waals surface area contributed by atoms with E-state index in [9.17, 15) is 0 Å². The first kappa shape index (κ1) is 11.6. The van der Waals surface area contributed by atoms with Gasteiger partial charge in [-0.1, -0.05) is 30.3 Å². The average Bonchev–Trinajstić information content (AvgIpc) is 2.38. The second-order valence-corrected chi connectivity index (χ2v) is 4.17. The predicted molar refractivity (Wildman–Crippen MR) is 65.5 cm³/mol. The summed E-state index contributed by atoms with van der Waals surface area (Å²) in [6.45, 7) is 5.03. The van der Waals surface area contributed by atoms with Gasteiger partial charge >= 0.3 is 0 Å². The SMILES string of the molecule is CNCCN1CCOC(c2ccccc2)C1. The number of morpholine rings is 1. The van der Waals surface area contributed by atoms with E-state index in [-0.39, 0.29) is 6.10 Å². The number of ether oxygens (including phenoxy) is 1. The summed E-state index contributed by atoms with van der Waals surface area (Å²) in [7, 11) is 2.00. The Morgan fingerprint density at radius 1 is 1.38 bits per heavy atom. The number of hydrogen-bond acceptors (Lipinski definition) is 3. The summed E-state index contributed by atoms with van der Waals surface area (Å²) < 4.78 is 5.81. The molecule has 1 aliphatic heterocycles. The molecule has 0 saturated carbocycles. The van der Waals surface area contributed by atoms with Crippen molar-refractivity contribution in [1.82, 2.24) is 10.2 Å². The van der Waals surface area contributed by atoms with Crippen molar-refractivity contribution in [1.29, 1.82) is 0 Å². The molecular weight excluding hydrogens is 200 g/mol. The van der Waals surface area contributed by atoms with Crippen LogP contribution in [0.4, 0.5) is 0 Å². The van der Waals surface area contributed by atoms with Crippen LogP contribution in [0.15, 0.2) is 30.3 Å². The third-order valence-electron chi connectivity index (χ3n) is 3.00. The van der Waals surface area contributed by atoms with Gasteiger partial charge in [0.1, 0.15) is 0 Å². The largest absolute Gasteiger partial charge is 0.371 e. The van der Waals surface area contributed by atoms with Crippen LogP contribution >= 0.6 is 0 Å². The minimum atomic E-state index is 0.242. The third-order valence-corrected chi connectivity index (χ3v) is 3.00. The van der Waals surface area contributed by atoms with Crippen LogP contribution in [-0.4, -0.2) is 44.7 Å². The molecule has 1 fully saturated rings. The molecule has 3 heteroatoms. The smallest absolute Gasteiger partial charge is 0.0952 e. The van der Waals surface area contributed by atoms with E-state index in [2.05, 4.69) is 34.5 Å². The van der Waals surface area contributed by atoms with Crippen molar-refractivity contribution in [2.45, 2.75) is 6.10 Å². The number of rotatable bonds is 4. The summed E-state index contributed by atoms with van der Waals surface area (Å²) in [6.07, 6.45) is 0.242. The van der Waals surface area contributed by atoms with E-state index in [4.69, 9.17) is 4.74 Å². The van der Waals surface area contributed by atoms with Gasteiger partial charge in [-0.25, -0.2) is 0 Å². The normalized spacial score (nSPS) is 22.2. The lowest BCUT2D eigenvalue weighted by molar-refractivity contribution is -0.0293. The number of nitrogens with zero attached hydrogens (tertiary/aromatic N) is 1. The molecule has 2 rings (SSSR count). The second kappa shape index (κ2) is 5.99. The van der Waals surface area contributed by atoms with E-state index in [0.29, 0.717) is 0 Å². The van der Waals surface area contributed by atoms with E-state index in [0.717, 1.165) is 32.8 Å². The molecule has 1 unspecified atom stereocenters. The average molecular weight is 220 g/mol. The zero-order chi connectivity index (χ0) is 11.2. The van der Waals surface area contributed by atoms with Crippen molar-refractivity contribution < 1.29 is 4.74 Å². The molecule has 0 amide bonds. The Kier molecular flexibility index (Phi) is 4.34. The zero-order valence-corrected chi connectivity index (χ0v) is 9.86. The van der Waals surface area contributed by atoms with Crippen LogP contribution < -0.4 is 5.32 Å². The van der Waals surface area contributed by atoms with Gasteiger partial charge < -0.3 is 10.1 Å². The van der Waals surface area contributed by atoms with Crippen molar-refractivity contribution in [2.24, 2.45) is 0 Å². The topological polar surface area (TPSA) is 24.5 Å². The summed E-state index contributed by atoms with van der Waals surface area (Å²) in [6, 6.07) is 10.5. The first-order valence-corrected chi connectivity index (χ1v) is 5.93. The molecule has 88 valence electrons. The second-order valence-electron chi connectivity index (χ2n) is 4.17. The number of benzene rings is 1. The van der Waals surface area contributed by atoms with Crippen LogP contribution in [0.3, 0.4) is 0 Å². The van der Waals surface area contributed by atoms with Gasteiger partial charge in [0.25, 0.3) is 0 Å². The molecule has 1 aromatic carbocycles. The molecule has 1 aliphatic rings. The highest BCUT2D eigenvalue weighted by atomic mass is 16.5. The molecule has 1 N–H and O–H groups in total. The zero-order valence-electron chi connectivity index (χ0n) is 9.86. The predicted octanol–water partition coefficient (Wildman–Crippen LogP) is 1.28. The Balaban J connectivity index is 1.91. The van der Waals surface area contributed by atoms with Gasteiger partial charge in [-0.3, -0.25) is 4.90 Å². The van der Waals surface area contributed by atoms with Crippen LogP contribution in [0.1, 0.15) is 11.7 Å². The van der Waals surface area contributed by atoms with Gasteiger partial charge in [-0.15, -0.1) is 0 Å². The Morgan fingerprint density at radius 2 is 2.19 bits per heavy atom. The molecular formula is C13H20N2O. The van der Waals surface area contributed by atoms with Gasteiger partial charge in [0, 0.05) is 26.2 Å². The van der Waals surface area contributed by atoms with E-state index in [1.165, 1.54) is 5.56 Å². The van der Waals surface area contributed by atoms with Crippen LogP contribution in [0, 0.1) is 0 Å². The third kappa shape index (κ3) is 3.04. The highest BCUT2D eigenvalue weighted by molar-refractivity contribution is 5.18. The molecule has 3 nitrogen and oxygen atoms in total. The molecule has 1 saturated heterocycles. The molecule has 1 atom stereocenters. The van der Waals surface area contributed by atoms with Gasteiger partial charge in [-0.2, -0.15) is 0 Å². The molecule has 0 radical (unpaired) electrons. The monoisotopic (exact) mass is 220 g/mol. The molecule has 16 heavy (non-hydrogen) atoms. The fraction of sp³-hybridized carbons (Fsp3) is 0.538. The summed E-state index contributed by atoms with van der Waals surface area (Å²) in [4.78, 5) is 2.46. The maximum absolute atomic E-state index is 5.81. The summed E-state index contributed by atoms with van der Waals surface area (Å²) in [5, 5.41) is 3.19. The first-order chi connectivity index (χ1) is 7.90. The van der Waals surface area contributed by atoms with E-state index in [1.54, 1.807) is 0 Å². The number of nitrogens with one attached hydrogen (secondary N) is 1. The standard InChI is InChI=1S/C13H20N2O/c1-14-7-8-15-9-10-16-13(11-15)12-5-3-2-4-6-12/h2-6,13-14H,7-11H2,1H3. The van der Waals surface area contributed by atoms with Gasteiger partial charge in [0.2, 0.25) is 0 Å². The van der Waals surface area contributed by atoms with Crippen molar-refractivity contribution in [3.8, 4) is 0 Å². The number of hydrogen-bond donors (Lipinski definition) is 1. The van der Waals surface area contributed by atoms with Crippen LogP contribution in [-0.2, 0) is 4.74 Å². The minimum Gasteiger partial charge on any atom is -0.371 e. The fourth-order valence-electron chi connectivity index (χ4n) is 2.04. The molecule has 0 aromatic heterocycles. The quantitative estimate of drug-likeness (QED) is 0.827. The first-order valence-electron chi connectivity index (χ1n) is 5.93. The molecule has 1 heterocycles. The van der Waals surface area contributed by atoms with Crippen molar-refractivity contribution in [2.75, 3.05) is 39.8 Å². The summed E-state index contributed by atoms with van der Waals surface area (Å²) in [5.41, 5.74) is 1.29. The lowest BCUT2D eigenvalue weighted by Crippen LogP contribution is -2.41. The van der Waals surface area contributed by atoms with E-state index < -0.39 is 0 Å². The maximum atomic E-state index is 5.81. The fourth-order valence-corrected chi connectivity index (χ4v) is 2.04. The lowest BCUT2D eigenvalue weighted by Gasteiger charge is -2.33. The highest BCUT2D eigenvalue weighted by Crippen LogP contribution is 2.21. The Bertz CT molecular complexity index is 302. The molecule has 1 aromatic rings. The van der Waals surface area contributed by atoms with Crippen molar-refractivity contribution in [3.63, 3.8) is 0 Å². The van der Waals surface area contributed by atoms with Gasteiger partial charge in [0.05, 0.1) is 12.7 Å². The summed E-state index contributed by atoms with van der Waals surface area (Å²) in [5.74, 6) is 0. The van der Waals surface area contributed by atoms with Gasteiger partial charge in [-0.05, 0) is 12.6 Å². The highest BCUT2D eigenvalue weighted by Gasteiger charge is 2.20. The Morgan fingerprint density at radius 3 is 2.94 bits per heavy atom. The lowest BCUT2D eigenvalue weighted by atomic mass is 10.1. The number of likely N-dealkylation sites (N-methyl/N-ethyl adjacent to an activating group) is 1.